The Labute approximate surface area is 190 Å². The van der Waals surface area contributed by atoms with Gasteiger partial charge in [-0.25, -0.2) is 0 Å². The topological polar surface area (TPSA) is 41.1 Å². The van der Waals surface area contributed by atoms with Gasteiger partial charge in [0.1, 0.15) is 0 Å². The Morgan fingerprint density at radius 2 is 1.75 bits per heavy atom. The Morgan fingerprint density at radius 3 is 2.59 bits per heavy atom. The average Bonchev–Trinajstić information content (AvgIpc) is 3.47. The highest BCUT2D eigenvalue weighted by atomic mass is 16.1. The van der Waals surface area contributed by atoms with E-state index in [1.807, 2.05) is 24.3 Å². The van der Waals surface area contributed by atoms with Crippen LogP contribution in [0.5, 0.6) is 0 Å². The second kappa shape index (κ2) is 7.81. The maximum Gasteiger partial charge on any atom is 0.255 e. The van der Waals surface area contributed by atoms with Crippen molar-refractivity contribution in [2.75, 3.05) is 10.6 Å². The number of para-hydroxylation sites is 1. The van der Waals surface area contributed by atoms with E-state index in [0.717, 1.165) is 29.5 Å². The van der Waals surface area contributed by atoms with Crippen molar-refractivity contribution in [1.29, 1.82) is 0 Å². The summed E-state index contributed by atoms with van der Waals surface area (Å²) in [7, 11) is 0. The molecular formula is C29H30N2O. The SMILES string of the molecule is CCc1ccccc1NC(=O)c1ccc2c(c1)C1C3CCC(C3)C1C(c1ccccc1)N2. The van der Waals surface area contributed by atoms with Crippen LogP contribution in [0, 0.1) is 17.8 Å². The van der Waals surface area contributed by atoms with Crippen LogP contribution < -0.4 is 10.6 Å². The Hall–Kier alpha value is -3.07. The molecule has 0 radical (unpaired) electrons. The van der Waals surface area contributed by atoms with Crippen molar-refractivity contribution in [3.8, 4) is 0 Å². The van der Waals surface area contributed by atoms with E-state index >= 15 is 0 Å². The zero-order valence-corrected chi connectivity index (χ0v) is 18.6. The van der Waals surface area contributed by atoms with Crippen LogP contribution in [0.4, 0.5) is 11.4 Å². The summed E-state index contributed by atoms with van der Waals surface area (Å²) in [5.74, 6) is 2.67. The van der Waals surface area contributed by atoms with Crippen molar-refractivity contribution in [3.63, 3.8) is 0 Å². The van der Waals surface area contributed by atoms with Crippen LogP contribution in [0.25, 0.3) is 0 Å². The van der Waals surface area contributed by atoms with E-state index in [1.54, 1.807) is 0 Å². The first kappa shape index (κ1) is 19.6. The molecule has 3 heteroatoms. The molecule has 0 aromatic heterocycles. The van der Waals surface area contributed by atoms with Crippen LogP contribution >= 0.6 is 0 Å². The molecule has 2 fully saturated rings. The summed E-state index contributed by atoms with van der Waals surface area (Å²) < 4.78 is 0. The zero-order chi connectivity index (χ0) is 21.7. The van der Waals surface area contributed by atoms with Gasteiger partial charge in [-0.15, -0.1) is 0 Å². The molecule has 1 heterocycles. The molecule has 3 aromatic rings. The number of hydrogen-bond donors (Lipinski definition) is 2. The number of anilines is 2. The zero-order valence-electron chi connectivity index (χ0n) is 18.6. The summed E-state index contributed by atoms with van der Waals surface area (Å²) in [5, 5.41) is 7.03. The Bertz CT molecular complexity index is 1150. The number of benzene rings is 3. The number of nitrogens with one attached hydrogen (secondary N) is 2. The summed E-state index contributed by atoms with van der Waals surface area (Å²) in [5.41, 5.74) is 6.79. The van der Waals surface area contributed by atoms with E-state index in [-0.39, 0.29) is 5.91 Å². The molecule has 0 spiro atoms. The molecule has 6 rings (SSSR count). The summed E-state index contributed by atoms with van der Waals surface area (Å²) >= 11 is 0. The highest BCUT2D eigenvalue weighted by molar-refractivity contribution is 6.05. The van der Waals surface area contributed by atoms with Gasteiger partial charge in [-0.1, -0.05) is 55.5 Å². The largest absolute Gasteiger partial charge is 0.378 e. The molecule has 3 nitrogen and oxygen atoms in total. The van der Waals surface area contributed by atoms with Crippen LogP contribution in [0.2, 0.25) is 0 Å². The van der Waals surface area contributed by atoms with Gasteiger partial charge in [0.15, 0.2) is 0 Å². The number of rotatable bonds is 4. The summed E-state index contributed by atoms with van der Waals surface area (Å²) in [6.45, 7) is 2.12. The molecule has 2 N–H and O–H groups in total. The second-order valence-electron chi connectivity index (χ2n) is 9.74. The lowest BCUT2D eigenvalue weighted by atomic mass is 9.68. The molecule has 32 heavy (non-hydrogen) atoms. The van der Waals surface area contributed by atoms with E-state index in [1.165, 1.54) is 41.6 Å². The average molecular weight is 423 g/mol. The second-order valence-corrected chi connectivity index (χ2v) is 9.74. The van der Waals surface area contributed by atoms with Crippen molar-refractivity contribution < 1.29 is 4.79 Å². The fourth-order valence-electron chi connectivity index (χ4n) is 6.76. The first-order chi connectivity index (χ1) is 15.7. The van der Waals surface area contributed by atoms with Crippen molar-refractivity contribution in [3.05, 3.63) is 95.1 Å². The first-order valence-corrected chi connectivity index (χ1v) is 12.1. The number of aryl methyl sites for hydroxylation is 1. The predicted molar refractivity (Wildman–Crippen MR) is 130 cm³/mol. The lowest BCUT2D eigenvalue weighted by molar-refractivity contribution is 0.102. The summed E-state index contributed by atoms with van der Waals surface area (Å²) in [6, 6.07) is 25.6. The van der Waals surface area contributed by atoms with E-state index < -0.39 is 0 Å². The van der Waals surface area contributed by atoms with E-state index in [9.17, 15) is 4.79 Å². The third-order valence-electron chi connectivity index (χ3n) is 8.15. The van der Waals surface area contributed by atoms with Crippen LogP contribution in [0.1, 0.15) is 65.2 Å². The van der Waals surface area contributed by atoms with Gasteiger partial charge in [-0.2, -0.15) is 0 Å². The minimum atomic E-state index is -0.0152. The minimum Gasteiger partial charge on any atom is -0.378 e. The van der Waals surface area contributed by atoms with Crippen molar-refractivity contribution in [2.24, 2.45) is 17.8 Å². The van der Waals surface area contributed by atoms with Crippen LogP contribution in [-0.2, 0) is 6.42 Å². The standard InChI is InChI=1S/C29H30N2O/c1-2-18-8-6-7-11-24(18)31-29(32)22-14-15-25-23(17-22)26-20-12-13-21(16-20)27(26)28(30-25)19-9-4-3-5-10-19/h3-11,14-15,17,20-21,26-28,30H,2,12-13,16H2,1H3,(H,31,32). The number of carbonyl (C=O) groups excluding carboxylic acids is 1. The maximum absolute atomic E-state index is 13.2. The van der Waals surface area contributed by atoms with Gasteiger partial charge in [0.05, 0.1) is 6.04 Å². The van der Waals surface area contributed by atoms with Crippen LogP contribution in [-0.4, -0.2) is 5.91 Å². The molecule has 1 amide bonds. The molecular weight excluding hydrogens is 392 g/mol. The Balaban J connectivity index is 1.35. The van der Waals surface area contributed by atoms with Gasteiger partial charge in [0.25, 0.3) is 5.91 Å². The molecule has 3 aromatic carbocycles. The third kappa shape index (κ3) is 3.14. The third-order valence-corrected chi connectivity index (χ3v) is 8.15. The van der Waals surface area contributed by atoms with Crippen molar-refractivity contribution in [2.45, 2.75) is 44.6 Å². The molecule has 5 unspecified atom stereocenters. The van der Waals surface area contributed by atoms with E-state index in [2.05, 4.69) is 66.1 Å². The van der Waals surface area contributed by atoms with Gasteiger partial charge in [-0.05, 0) is 90.3 Å². The first-order valence-electron chi connectivity index (χ1n) is 12.1. The Morgan fingerprint density at radius 1 is 0.969 bits per heavy atom. The van der Waals surface area contributed by atoms with Gasteiger partial charge in [0.2, 0.25) is 0 Å². The van der Waals surface area contributed by atoms with Gasteiger partial charge in [-0.3, -0.25) is 4.79 Å². The van der Waals surface area contributed by atoms with E-state index in [0.29, 0.717) is 17.9 Å². The quantitative estimate of drug-likeness (QED) is 0.485. The predicted octanol–water partition coefficient (Wildman–Crippen LogP) is 6.80. The summed E-state index contributed by atoms with van der Waals surface area (Å²) in [6.07, 6.45) is 4.91. The monoisotopic (exact) mass is 422 g/mol. The minimum absolute atomic E-state index is 0.0152. The number of fused-ring (bicyclic) bond motifs is 7. The molecule has 162 valence electrons. The number of amides is 1. The molecule has 3 aliphatic rings. The van der Waals surface area contributed by atoms with Gasteiger partial charge in [0, 0.05) is 16.9 Å². The van der Waals surface area contributed by atoms with Crippen LogP contribution in [0.15, 0.2) is 72.8 Å². The lowest BCUT2D eigenvalue weighted by Gasteiger charge is -2.43. The Kier molecular flexibility index (Phi) is 4.78. The highest BCUT2D eigenvalue weighted by Gasteiger charge is 2.53. The number of hydrogen-bond acceptors (Lipinski definition) is 2. The lowest BCUT2D eigenvalue weighted by Crippen LogP contribution is -2.35. The number of carbonyl (C=O) groups is 1. The molecule has 5 atom stereocenters. The smallest absolute Gasteiger partial charge is 0.255 e. The van der Waals surface area contributed by atoms with Crippen LogP contribution in [0.3, 0.4) is 0 Å². The molecule has 0 saturated heterocycles. The normalized spacial score (nSPS) is 27.3. The molecule has 2 aliphatic carbocycles. The maximum atomic E-state index is 13.2. The fourth-order valence-corrected chi connectivity index (χ4v) is 6.76. The van der Waals surface area contributed by atoms with Gasteiger partial charge >= 0.3 is 0 Å². The van der Waals surface area contributed by atoms with Gasteiger partial charge < -0.3 is 10.6 Å². The summed E-state index contributed by atoms with van der Waals surface area (Å²) in [4.78, 5) is 13.2. The highest BCUT2D eigenvalue weighted by Crippen LogP contribution is 2.63. The fraction of sp³-hybridized carbons (Fsp3) is 0.345. The van der Waals surface area contributed by atoms with Crippen molar-refractivity contribution in [1.82, 2.24) is 0 Å². The molecule has 1 aliphatic heterocycles. The molecule has 2 bridgehead atoms. The van der Waals surface area contributed by atoms with E-state index in [4.69, 9.17) is 0 Å². The molecule has 2 saturated carbocycles. The van der Waals surface area contributed by atoms with Crippen molar-refractivity contribution >= 4 is 17.3 Å².